The first-order chi connectivity index (χ1) is 33.7. The van der Waals surface area contributed by atoms with Gasteiger partial charge in [-0.3, -0.25) is 9.97 Å². The van der Waals surface area contributed by atoms with Gasteiger partial charge in [0.05, 0.1) is 28.2 Å². The summed E-state index contributed by atoms with van der Waals surface area (Å²) in [6.45, 7) is 0. The van der Waals surface area contributed by atoms with Crippen molar-refractivity contribution in [1.29, 1.82) is 0 Å². The quantitative estimate of drug-likeness (QED) is 0.158. The van der Waals surface area contributed by atoms with Crippen LogP contribution < -0.4 is 4.74 Å². The van der Waals surface area contributed by atoms with Crippen LogP contribution in [0.3, 0.4) is 0 Å². The maximum Gasteiger partial charge on any atom is 0.164 e. The molecule has 0 unspecified atom stereocenters. The van der Waals surface area contributed by atoms with Gasteiger partial charge in [-0.15, -0.1) is 0 Å². The molecule has 0 radical (unpaired) electrons. The first kappa shape index (κ1) is 39.2. The summed E-state index contributed by atoms with van der Waals surface area (Å²) >= 11 is 0. The lowest BCUT2D eigenvalue weighted by molar-refractivity contribution is 0.436. The van der Waals surface area contributed by atoms with E-state index in [0.717, 1.165) is 84.3 Å². The van der Waals surface area contributed by atoms with Gasteiger partial charge in [0.2, 0.25) is 0 Å². The Balaban J connectivity index is 0.963. The van der Waals surface area contributed by atoms with Crippen molar-refractivity contribution in [3.8, 4) is 102 Å². The van der Waals surface area contributed by atoms with E-state index in [0.29, 0.717) is 17.5 Å². The topological polar surface area (TPSA) is 86.6 Å². The van der Waals surface area contributed by atoms with Crippen molar-refractivity contribution in [1.82, 2.24) is 29.9 Å². The molecule has 7 heteroatoms. The highest BCUT2D eigenvalue weighted by atomic mass is 16.5. The SMILES string of the molecule is c1ccc(-c2nc(-c3ccccc3)nc(-c3ccc(-c4ccc5c(c4)C4(c6cc(-c7cc(-c8ccccn8)nc(-c8ccccn8)c7)ccc6O5)c5ccccc5-c5ccccc54)cc3)n2)cc1. The van der Waals surface area contributed by atoms with Gasteiger partial charge in [-0.1, -0.05) is 158 Å². The third-order valence-corrected chi connectivity index (χ3v) is 13.1. The predicted octanol–water partition coefficient (Wildman–Crippen LogP) is 14.2. The van der Waals surface area contributed by atoms with Gasteiger partial charge in [-0.25, -0.2) is 19.9 Å². The van der Waals surface area contributed by atoms with Crippen LogP contribution >= 0.6 is 0 Å². The van der Waals surface area contributed by atoms with E-state index in [9.17, 15) is 0 Å². The van der Waals surface area contributed by atoms with Crippen molar-refractivity contribution in [2.45, 2.75) is 5.41 Å². The Morgan fingerprint density at radius 2 is 0.691 bits per heavy atom. The standard InChI is InChI=1S/C61H38N6O/c1-3-15-40(16-4-1)58-65-59(41-17-5-2-6-18-41)67-60(66-58)42-27-25-39(26-28-42)43-29-31-56-50(35-43)61(48-21-9-7-19-46(48)47-20-8-10-22-49(47)61)51-36-44(30-32-57(51)68-56)45-37-54(52-23-11-13-33-62-52)64-55(38-45)53-24-12-14-34-63-53/h1-38H. The Labute approximate surface area is 393 Å². The normalized spacial score (nSPS) is 12.6. The summed E-state index contributed by atoms with van der Waals surface area (Å²) < 4.78 is 6.98. The smallest absolute Gasteiger partial charge is 0.164 e. The maximum atomic E-state index is 6.98. The molecule has 1 aliphatic heterocycles. The molecule has 11 aromatic rings. The molecule has 0 fully saturated rings. The molecule has 2 aliphatic rings. The van der Waals surface area contributed by atoms with Crippen LogP contribution in [0.5, 0.6) is 11.5 Å². The molecular formula is C61H38N6O. The van der Waals surface area contributed by atoms with E-state index in [1.165, 1.54) is 22.3 Å². The molecule has 1 spiro atoms. The lowest BCUT2D eigenvalue weighted by atomic mass is 9.65. The molecule has 5 heterocycles. The summed E-state index contributed by atoms with van der Waals surface area (Å²) in [6.07, 6.45) is 3.61. The average molecular weight is 871 g/mol. The number of pyridine rings is 3. The number of benzene rings is 7. The van der Waals surface area contributed by atoms with E-state index in [2.05, 4.69) is 121 Å². The van der Waals surface area contributed by atoms with Gasteiger partial charge in [-0.2, -0.15) is 0 Å². The second-order valence-corrected chi connectivity index (χ2v) is 17.0. The van der Waals surface area contributed by atoms with Crippen LogP contribution in [0.1, 0.15) is 22.3 Å². The number of aromatic nitrogens is 6. The van der Waals surface area contributed by atoms with Crippen LogP contribution in [0.15, 0.2) is 231 Å². The maximum absolute atomic E-state index is 6.98. The molecule has 0 amide bonds. The number of nitrogens with zero attached hydrogens (tertiary/aromatic N) is 6. The summed E-state index contributed by atoms with van der Waals surface area (Å²) in [7, 11) is 0. The number of hydrogen-bond acceptors (Lipinski definition) is 7. The third kappa shape index (κ3) is 6.51. The third-order valence-electron chi connectivity index (χ3n) is 13.1. The lowest BCUT2D eigenvalue weighted by Crippen LogP contribution is -2.32. The number of hydrogen-bond donors (Lipinski definition) is 0. The Morgan fingerprint density at radius 1 is 0.279 bits per heavy atom. The molecule has 0 atom stereocenters. The van der Waals surface area contributed by atoms with Crippen molar-refractivity contribution in [2.24, 2.45) is 0 Å². The Bertz CT molecular complexity index is 3530. The predicted molar refractivity (Wildman–Crippen MR) is 269 cm³/mol. The monoisotopic (exact) mass is 870 g/mol. The fraction of sp³-hybridized carbons (Fsp3) is 0.0164. The van der Waals surface area contributed by atoms with Gasteiger partial charge in [0.15, 0.2) is 17.5 Å². The highest BCUT2D eigenvalue weighted by molar-refractivity contribution is 5.90. The van der Waals surface area contributed by atoms with E-state index >= 15 is 0 Å². The van der Waals surface area contributed by atoms with Crippen molar-refractivity contribution >= 4 is 0 Å². The van der Waals surface area contributed by atoms with Crippen molar-refractivity contribution < 1.29 is 4.74 Å². The first-order valence-corrected chi connectivity index (χ1v) is 22.7. The fourth-order valence-corrected chi connectivity index (χ4v) is 10.00. The van der Waals surface area contributed by atoms with Crippen molar-refractivity contribution in [3.63, 3.8) is 0 Å². The van der Waals surface area contributed by atoms with Gasteiger partial charge >= 0.3 is 0 Å². The van der Waals surface area contributed by atoms with Gasteiger partial charge in [0.1, 0.15) is 11.5 Å². The molecule has 318 valence electrons. The molecule has 7 aromatic carbocycles. The molecule has 13 rings (SSSR count). The highest BCUT2D eigenvalue weighted by Crippen LogP contribution is 2.62. The lowest BCUT2D eigenvalue weighted by Gasteiger charge is -2.40. The zero-order valence-corrected chi connectivity index (χ0v) is 36.5. The Kier molecular flexibility index (Phi) is 9.25. The molecule has 4 aromatic heterocycles. The largest absolute Gasteiger partial charge is 0.457 e. The summed E-state index contributed by atoms with van der Waals surface area (Å²) in [4.78, 5) is 29.4. The number of fused-ring (bicyclic) bond motifs is 9. The zero-order chi connectivity index (χ0) is 45.0. The van der Waals surface area contributed by atoms with E-state index in [-0.39, 0.29) is 0 Å². The Morgan fingerprint density at radius 3 is 1.18 bits per heavy atom. The van der Waals surface area contributed by atoms with Crippen LogP contribution in [0.25, 0.3) is 90.3 Å². The second kappa shape index (κ2) is 16.0. The molecule has 0 saturated carbocycles. The van der Waals surface area contributed by atoms with Gasteiger partial charge in [-0.05, 0) is 105 Å². The highest BCUT2D eigenvalue weighted by Gasteiger charge is 2.51. The summed E-state index contributed by atoms with van der Waals surface area (Å²) in [5.74, 6) is 3.51. The molecule has 7 nitrogen and oxygen atoms in total. The average Bonchev–Trinajstić information content (AvgIpc) is 3.72. The van der Waals surface area contributed by atoms with Crippen molar-refractivity contribution in [2.75, 3.05) is 0 Å². The molecule has 0 bridgehead atoms. The fourth-order valence-electron chi connectivity index (χ4n) is 10.00. The summed E-state index contributed by atoms with van der Waals surface area (Å²) in [6, 6.07) is 75.6. The van der Waals surface area contributed by atoms with Crippen LogP contribution in [-0.4, -0.2) is 29.9 Å². The van der Waals surface area contributed by atoms with Gasteiger partial charge < -0.3 is 4.74 Å². The number of rotatable bonds is 7. The molecular weight excluding hydrogens is 833 g/mol. The number of ether oxygens (including phenoxy) is 1. The van der Waals surface area contributed by atoms with Crippen LogP contribution in [-0.2, 0) is 5.41 Å². The van der Waals surface area contributed by atoms with E-state index in [1.807, 2.05) is 97.1 Å². The Hall–Kier alpha value is -9.20. The van der Waals surface area contributed by atoms with Crippen LogP contribution in [0.2, 0.25) is 0 Å². The molecule has 0 saturated heterocycles. The minimum Gasteiger partial charge on any atom is -0.457 e. The van der Waals surface area contributed by atoms with Crippen molar-refractivity contribution in [3.05, 3.63) is 253 Å². The second-order valence-electron chi connectivity index (χ2n) is 17.0. The zero-order valence-electron chi connectivity index (χ0n) is 36.5. The summed E-state index contributed by atoms with van der Waals surface area (Å²) in [5.41, 5.74) is 16.4. The van der Waals surface area contributed by atoms with E-state index < -0.39 is 5.41 Å². The van der Waals surface area contributed by atoms with E-state index in [1.54, 1.807) is 12.4 Å². The summed E-state index contributed by atoms with van der Waals surface area (Å²) in [5, 5.41) is 0. The molecule has 1 aliphatic carbocycles. The van der Waals surface area contributed by atoms with Gasteiger partial charge in [0, 0.05) is 40.2 Å². The minimum absolute atomic E-state index is 0.613. The van der Waals surface area contributed by atoms with Gasteiger partial charge in [0.25, 0.3) is 0 Å². The molecule has 68 heavy (non-hydrogen) atoms. The minimum atomic E-state index is -0.699. The van der Waals surface area contributed by atoms with E-state index in [4.69, 9.17) is 34.6 Å². The van der Waals surface area contributed by atoms with Crippen LogP contribution in [0, 0.1) is 0 Å². The van der Waals surface area contributed by atoms with Crippen LogP contribution in [0.4, 0.5) is 0 Å². The first-order valence-electron chi connectivity index (χ1n) is 22.7. The molecule has 0 N–H and O–H groups in total.